The molecule has 10 heteroatoms. The number of benzene rings is 2. The smallest absolute Gasteiger partial charge is 0.241 e. The highest BCUT2D eigenvalue weighted by Crippen LogP contribution is 2.46. The standard InChI is InChI=1S/C25H27N5O5/c1-32-18-7-5-13(11-20(18)34-3)15-9-16-22(17(31)10-15)23(30-25(27-16)28-24(26)29-30)14-6-8-19(33-2)21(12-14)35-4/h5-8,11-12,15,23H,9-10H2,1-4H3,(H3,26,27,28,29)/t15-,23+/m1/s1. The first-order valence-electron chi connectivity index (χ1n) is 11.2. The maximum Gasteiger partial charge on any atom is 0.241 e. The average molecular weight is 478 g/mol. The van der Waals surface area contributed by atoms with Gasteiger partial charge in [0, 0.05) is 17.7 Å². The number of methoxy groups -OCH3 is 4. The molecule has 0 saturated carbocycles. The number of rotatable bonds is 6. The fourth-order valence-electron chi connectivity index (χ4n) is 4.90. The van der Waals surface area contributed by atoms with Gasteiger partial charge in [-0.2, -0.15) is 4.98 Å². The van der Waals surface area contributed by atoms with Gasteiger partial charge in [0.25, 0.3) is 0 Å². The van der Waals surface area contributed by atoms with E-state index in [1.54, 1.807) is 33.1 Å². The van der Waals surface area contributed by atoms with Crippen molar-refractivity contribution in [2.75, 3.05) is 39.5 Å². The zero-order valence-corrected chi connectivity index (χ0v) is 20.0. The number of nitrogens with one attached hydrogen (secondary N) is 1. The number of carbonyl (C=O) groups excluding carboxylic acids is 1. The first-order chi connectivity index (χ1) is 17.0. The number of ketones is 1. The maximum absolute atomic E-state index is 13.7. The Morgan fingerprint density at radius 3 is 2.11 bits per heavy atom. The molecule has 3 aromatic rings. The molecule has 1 aliphatic carbocycles. The summed E-state index contributed by atoms with van der Waals surface area (Å²) in [6.07, 6.45) is 0.965. The van der Waals surface area contributed by atoms with Crippen molar-refractivity contribution in [3.05, 3.63) is 58.8 Å². The van der Waals surface area contributed by atoms with Gasteiger partial charge in [0.15, 0.2) is 28.8 Å². The summed E-state index contributed by atoms with van der Waals surface area (Å²) in [5, 5.41) is 7.69. The van der Waals surface area contributed by atoms with Crippen LogP contribution in [0.25, 0.3) is 0 Å². The van der Waals surface area contributed by atoms with E-state index < -0.39 is 6.04 Å². The molecule has 1 aromatic heterocycles. The van der Waals surface area contributed by atoms with Crippen LogP contribution in [0.1, 0.15) is 35.9 Å². The van der Waals surface area contributed by atoms with Crippen molar-refractivity contribution >= 4 is 17.7 Å². The van der Waals surface area contributed by atoms with E-state index >= 15 is 0 Å². The molecule has 1 aliphatic heterocycles. The summed E-state index contributed by atoms with van der Waals surface area (Å²) in [6, 6.07) is 10.8. The Labute approximate surface area is 202 Å². The van der Waals surface area contributed by atoms with Gasteiger partial charge in [0.2, 0.25) is 11.9 Å². The van der Waals surface area contributed by atoms with Crippen LogP contribution in [0, 0.1) is 0 Å². The minimum atomic E-state index is -0.496. The Morgan fingerprint density at radius 2 is 1.49 bits per heavy atom. The third-order valence-electron chi connectivity index (χ3n) is 6.54. The fraction of sp³-hybridized carbons (Fsp3) is 0.320. The summed E-state index contributed by atoms with van der Waals surface area (Å²) in [4.78, 5) is 18.0. The van der Waals surface area contributed by atoms with Gasteiger partial charge in [-0.3, -0.25) is 4.79 Å². The highest BCUT2D eigenvalue weighted by atomic mass is 16.5. The lowest BCUT2D eigenvalue weighted by atomic mass is 9.78. The molecule has 3 N–H and O–H groups in total. The molecule has 0 unspecified atom stereocenters. The number of nitrogens with two attached hydrogens (primary N) is 1. The minimum absolute atomic E-state index is 0.0260. The van der Waals surface area contributed by atoms with Crippen LogP contribution >= 0.6 is 0 Å². The highest BCUT2D eigenvalue weighted by Gasteiger charge is 2.40. The summed E-state index contributed by atoms with van der Waals surface area (Å²) in [5.41, 5.74) is 9.21. The molecule has 2 heterocycles. The molecule has 2 aromatic carbocycles. The largest absolute Gasteiger partial charge is 0.493 e. The lowest BCUT2D eigenvalue weighted by Crippen LogP contribution is -2.33. The van der Waals surface area contributed by atoms with Crippen molar-refractivity contribution in [2.45, 2.75) is 24.8 Å². The number of nitrogen functional groups attached to an aromatic ring is 1. The average Bonchev–Trinajstić information content (AvgIpc) is 3.25. The van der Waals surface area contributed by atoms with Crippen molar-refractivity contribution in [1.29, 1.82) is 0 Å². The van der Waals surface area contributed by atoms with Crippen molar-refractivity contribution in [3.8, 4) is 23.0 Å². The van der Waals surface area contributed by atoms with E-state index in [4.69, 9.17) is 24.7 Å². The SMILES string of the molecule is COc1ccc([C@H]2CC(=O)C3=C(C2)Nc2nc(N)nn2[C@H]3c2ccc(OC)c(OC)c2)cc1OC. The van der Waals surface area contributed by atoms with Gasteiger partial charge >= 0.3 is 0 Å². The maximum atomic E-state index is 13.7. The van der Waals surface area contributed by atoms with Crippen LogP contribution in [-0.2, 0) is 4.79 Å². The van der Waals surface area contributed by atoms with E-state index in [1.807, 2.05) is 36.4 Å². The van der Waals surface area contributed by atoms with Crippen molar-refractivity contribution in [1.82, 2.24) is 14.8 Å². The van der Waals surface area contributed by atoms with Crippen LogP contribution in [0.3, 0.4) is 0 Å². The number of allylic oxidation sites excluding steroid dienone is 2. The molecule has 182 valence electrons. The molecule has 0 radical (unpaired) electrons. The van der Waals surface area contributed by atoms with Crippen LogP contribution in [0.15, 0.2) is 47.7 Å². The number of fused-ring (bicyclic) bond motifs is 1. The van der Waals surface area contributed by atoms with Crippen molar-refractivity contribution in [2.24, 2.45) is 0 Å². The molecule has 5 rings (SSSR count). The summed E-state index contributed by atoms with van der Waals surface area (Å²) < 4.78 is 23.4. The monoisotopic (exact) mass is 477 g/mol. The number of anilines is 2. The Kier molecular flexibility index (Phi) is 5.72. The first kappa shape index (κ1) is 22.6. The summed E-state index contributed by atoms with van der Waals surface area (Å²) in [7, 11) is 6.35. The molecule has 35 heavy (non-hydrogen) atoms. The fourth-order valence-corrected chi connectivity index (χ4v) is 4.90. The Morgan fingerprint density at radius 1 is 0.886 bits per heavy atom. The summed E-state index contributed by atoms with van der Waals surface area (Å²) >= 11 is 0. The second-order valence-corrected chi connectivity index (χ2v) is 8.42. The number of ether oxygens (including phenoxy) is 4. The summed E-state index contributed by atoms with van der Waals surface area (Å²) in [5.74, 6) is 3.04. The molecule has 0 fully saturated rings. The highest BCUT2D eigenvalue weighted by molar-refractivity contribution is 6.00. The second kappa shape index (κ2) is 8.86. The zero-order valence-electron chi connectivity index (χ0n) is 20.0. The first-order valence-corrected chi connectivity index (χ1v) is 11.2. The second-order valence-electron chi connectivity index (χ2n) is 8.42. The molecule has 0 spiro atoms. The number of hydrogen-bond donors (Lipinski definition) is 2. The number of carbonyl (C=O) groups is 1. The Bertz CT molecular complexity index is 1330. The molecule has 10 nitrogen and oxygen atoms in total. The Hall–Kier alpha value is -4.21. The number of hydrogen-bond acceptors (Lipinski definition) is 9. The van der Waals surface area contributed by atoms with Gasteiger partial charge in [-0.1, -0.05) is 12.1 Å². The number of nitrogens with zero attached hydrogens (tertiary/aromatic N) is 3. The quantitative estimate of drug-likeness (QED) is 0.550. The molecular formula is C25H27N5O5. The van der Waals surface area contributed by atoms with Crippen molar-refractivity contribution in [3.63, 3.8) is 0 Å². The lowest BCUT2D eigenvalue weighted by Gasteiger charge is -2.35. The molecule has 0 bridgehead atoms. The third-order valence-corrected chi connectivity index (χ3v) is 6.54. The molecule has 0 saturated heterocycles. The summed E-state index contributed by atoms with van der Waals surface area (Å²) in [6.45, 7) is 0. The van der Waals surface area contributed by atoms with Crippen LogP contribution in [-0.4, -0.2) is 49.0 Å². The van der Waals surface area contributed by atoms with Gasteiger partial charge in [-0.15, -0.1) is 5.10 Å². The van der Waals surface area contributed by atoms with E-state index in [0.717, 1.165) is 16.8 Å². The van der Waals surface area contributed by atoms with Gasteiger partial charge in [0.1, 0.15) is 6.04 Å². The molecule has 0 amide bonds. The molecule has 2 atom stereocenters. The van der Waals surface area contributed by atoms with Crippen LogP contribution in [0.4, 0.5) is 11.9 Å². The van der Waals surface area contributed by atoms with Crippen LogP contribution < -0.4 is 30.0 Å². The van der Waals surface area contributed by atoms with Crippen molar-refractivity contribution < 1.29 is 23.7 Å². The molecule has 2 aliphatic rings. The van der Waals surface area contributed by atoms with Crippen LogP contribution in [0.2, 0.25) is 0 Å². The van der Waals surface area contributed by atoms with E-state index in [0.29, 0.717) is 47.4 Å². The predicted octanol–water partition coefficient (Wildman–Crippen LogP) is 3.31. The van der Waals surface area contributed by atoms with Crippen LogP contribution in [0.5, 0.6) is 23.0 Å². The normalized spacial score (nSPS) is 18.9. The third kappa shape index (κ3) is 3.80. The topological polar surface area (TPSA) is 123 Å². The van der Waals surface area contributed by atoms with Gasteiger partial charge < -0.3 is 30.0 Å². The number of aromatic nitrogens is 3. The van der Waals surface area contributed by atoms with Gasteiger partial charge in [-0.05, 0) is 47.7 Å². The predicted molar refractivity (Wildman–Crippen MR) is 129 cm³/mol. The number of Topliss-reactive ketones (excluding diaryl/α,β-unsaturated/α-hetero) is 1. The van der Waals surface area contributed by atoms with Gasteiger partial charge in [-0.25, -0.2) is 4.68 Å². The zero-order chi connectivity index (χ0) is 24.7. The molecular weight excluding hydrogens is 450 g/mol. The Balaban J connectivity index is 1.58. The lowest BCUT2D eigenvalue weighted by molar-refractivity contribution is -0.116. The van der Waals surface area contributed by atoms with E-state index in [1.165, 1.54) is 0 Å². The van der Waals surface area contributed by atoms with E-state index in [2.05, 4.69) is 15.4 Å². The minimum Gasteiger partial charge on any atom is -0.493 e. The van der Waals surface area contributed by atoms with E-state index in [-0.39, 0.29) is 17.6 Å². The van der Waals surface area contributed by atoms with Gasteiger partial charge in [0.05, 0.1) is 28.4 Å². The van der Waals surface area contributed by atoms with E-state index in [9.17, 15) is 4.79 Å².